The fourth-order valence-corrected chi connectivity index (χ4v) is 1.49. The Labute approximate surface area is 79.0 Å². The molecule has 70 valence electrons. The predicted molar refractivity (Wildman–Crippen MR) is 50.7 cm³/mol. The first kappa shape index (κ1) is 10.1. The topological polar surface area (TPSA) is 40.5 Å². The average Bonchev–Trinajstić information content (AvgIpc) is 2.14. The van der Waals surface area contributed by atoms with Gasteiger partial charge in [0.25, 0.3) is 0 Å². The molecule has 0 aliphatic heterocycles. The summed E-state index contributed by atoms with van der Waals surface area (Å²) in [5.41, 5.74) is -0.817. The normalized spacial score (nSPS) is 19.2. The summed E-state index contributed by atoms with van der Waals surface area (Å²) in [6, 6.07) is 0. The first-order chi connectivity index (χ1) is 6.27. The minimum absolute atomic E-state index is 0.174. The third-order valence-corrected chi connectivity index (χ3v) is 2.21. The lowest BCUT2D eigenvalue weighted by Gasteiger charge is -2.26. The van der Waals surface area contributed by atoms with Gasteiger partial charge >= 0.3 is 0 Å². The molecule has 2 nitrogen and oxygen atoms in total. The molecule has 0 aromatic carbocycles. The molecule has 0 saturated heterocycles. The molecule has 0 unspecified atom stereocenters. The Hall–Kier alpha value is -0.960. The molecule has 2 heteroatoms. The second kappa shape index (κ2) is 4.92. The van der Waals surface area contributed by atoms with E-state index in [1.54, 1.807) is 0 Å². The van der Waals surface area contributed by atoms with Crippen LogP contribution in [0.4, 0.5) is 0 Å². The summed E-state index contributed by atoms with van der Waals surface area (Å²) >= 11 is 0. The summed E-state index contributed by atoms with van der Waals surface area (Å²) in [6.45, 7) is -0.174. The molecule has 1 aliphatic rings. The highest BCUT2D eigenvalue weighted by Gasteiger charge is 2.26. The van der Waals surface area contributed by atoms with Gasteiger partial charge in [-0.15, -0.1) is 0 Å². The van der Waals surface area contributed by atoms with Crippen molar-refractivity contribution in [3.8, 4) is 23.7 Å². The third kappa shape index (κ3) is 3.51. The van der Waals surface area contributed by atoms with Gasteiger partial charge in [-0.2, -0.15) is 0 Å². The van der Waals surface area contributed by atoms with Gasteiger partial charge in [0.15, 0.2) is 0 Å². The van der Waals surface area contributed by atoms with Crippen molar-refractivity contribution in [2.24, 2.45) is 0 Å². The van der Waals surface area contributed by atoms with Crippen molar-refractivity contribution in [1.29, 1.82) is 0 Å². The van der Waals surface area contributed by atoms with E-state index >= 15 is 0 Å². The molecule has 1 fully saturated rings. The lowest BCUT2D eigenvalue weighted by atomic mass is 9.85. The fraction of sp³-hybridized carbons (Fsp3) is 0.636. The molecular weight excluding hydrogens is 164 g/mol. The summed E-state index contributed by atoms with van der Waals surface area (Å²) in [5.74, 6) is 10.2. The van der Waals surface area contributed by atoms with Crippen LogP contribution in [-0.4, -0.2) is 22.4 Å². The second-order valence-electron chi connectivity index (χ2n) is 3.30. The maximum Gasteiger partial charge on any atom is 0.126 e. The zero-order valence-electron chi connectivity index (χ0n) is 7.64. The van der Waals surface area contributed by atoms with E-state index < -0.39 is 5.60 Å². The summed E-state index contributed by atoms with van der Waals surface area (Å²) in [5, 5.41) is 18.2. The highest BCUT2D eigenvalue weighted by atomic mass is 16.3. The number of aliphatic hydroxyl groups is 2. The van der Waals surface area contributed by atoms with Crippen LogP contribution in [0.5, 0.6) is 0 Å². The Balaban J connectivity index is 2.52. The van der Waals surface area contributed by atoms with Gasteiger partial charge in [-0.05, 0) is 37.5 Å². The maximum atomic E-state index is 9.87. The van der Waals surface area contributed by atoms with Crippen molar-refractivity contribution in [3.63, 3.8) is 0 Å². The van der Waals surface area contributed by atoms with E-state index in [0.29, 0.717) is 0 Å². The highest BCUT2D eigenvalue weighted by Crippen LogP contribution is 2.26. The molecule has 0 heterocycles. The van der Waals surface area contributed by atoms with Crippen LogP contribution < -0.4 is 0 Å². The summed E-state index contributed by atoms with van der Waals surface area (Å²) < 4.78 is 0. The maximum absolute atomic E-state index is 9.87. The monoisotopic (exact) mass is 178 g/mol. The molecule has 0 bridgehead atoms. The SMILES string of the molecule is OCC#CC#CC1(O)CCCCC1. The zero-order chi connectivity index (χ0) is 9.57. The van der Waals surface area contributed by atoms with Gasteiger partial charge < -0.3 is 10.2 Å². The largest absolute Gasteiger partial charge is 0.384 e. The van der Waals surface area contributed by atoms with Crippen molar-refractivity contribution >= 4 is 0 Å². The smallest absolute Gasteiger partial charge is 0.126 e. The van der Waals surface area contributed by atoms with Crippen LogP contribution in [-0.2, 0) is 0 Å². The highest BCUT2D eigenvalue weighted by molar-refractivity contribution is 5.30. The Morgan fingerprint density at radius 3 is 2.38 bits per heavy atom. The summed E-state index contributed by atoms with van der Waals surface area (Å²) in [6.07, 6.45) is 4.77. The van der Waals surface area contributed by atoms with Gasteiger partial charge in [-0.1, -0.05) is 18.3 Å². The van der Waals surface area contributed by atoms with E-state index in [9.17, 15) is 5.11 Å². The summed E-state index contributed by atoms with van der Waals surface area (Å²) in [7, 11) is 0. The lowest BCUT2D eigenvalue weighted by Crippen LogP contribution is -2.29. The van der Waals surface area contributed by atoms with Gasteiger partial charge in [-0.3, -0.25) is 0 Å². The Morgan fingerprint density at radius 1 is 1.08 bits per heavy atom. The first-order valence-corrected chi connectivity index (χ1v) is 4.60. The lowest BCUT2D eigenvalue weighted by molar-refractivity contribution is 0.0610. The molecule has 0 radical (unpaired) electrons. The van der Waals surface area contributed by atoms with E-state index in [1.807, 2.05) is 0 Å². The molecule has 0 amide bonds. The number of hydrogen-bond donors (Lipinski definition) is 2. The van der Waals surface area contributed by atoms with Crippen LogP contribution in [0, 0.1) is 23.7 Å². The van der Waals surface area contributed by atoms with Gasteiger partial charge in [-0.25, -0.2) is 0 Å². The van der Waals surface area contributed by atoms with Crippen LogP contribution >= 0.6 is 0 Å². The molecule has 0 aromatic rings. The molecule has 2 N–H and O–H groups in total. The Kier molecular flexibility index (Phi) is 3.83. The van der Waals surface area contributed by atoms with Crippen molar-refractivity contribution in [2.75, 3.05) is 6.61 Å². The molecule has 1 aliphatic carbocycles. The minimum Gasteiger partial charge on any atom is -0.384 e. The van der Waals surface area contributed by atoms with Crippen LogP contribution in [0.2, 0.25) is 0 Å². The van der Waals surface area contributed by atoms with Crippen LogP contribution in [0.1, 0.15) is 32.1 Å². The fourth-order valence-electron chi connectivity index (χ4n) is 1.49. The molecular formula is C11H14O2. The van der Waals surface area contributed by atoms with Crippen LogP contribution in [0.25, 0.3) is 0 Å². The molecule has 1 saturated carbocycles. The first-order valence-electron chi connectivity index (χ1n) is 4.60. The molecule has 0 atom stereocenters. The van der Waals surface area contributed by atoms with Crippen LogP contribution in [0.3, 0.4) is 0 Å². The van der Waals surface area contributed by atoms with E-state index in [4.69, 9.17) is 5.11 Å². The predicted octanol–water partition coefficient (Wildman–Crippen LogP) is 0.681. The minimum atomic E-state index is -0.817. The Morgan fingerprint density at radius 2 is 1.77 bits per heavy atom. The standard InChI is InChI=1S/C11H14O2/c12-10-6-2-5-9-11(13)7-3-1-4-8-11/h12-13H,1,3-4,7-8,10H2. The quantitative estimate of drug-likeness (QED) is 0.535. The van der Waals surface area contributed by atoms with E-state index in [1.165, 1.54) is 6.42 Å². The van der Waals surface area contributed by atoms with E-state index in [-0.39, 0.29) is 6.61 Å². The average molecular weight is 178 g/mol. The Bertz CT molecular complexity index is 266. The second-order valence-corrected chi connectivity index (χ2v) is 3.30. The molecule has 0 aromatic heterocycles. The number of rotatable bonds is 0. The third-order valence-electron chi connectivity index (χ3n) is 2.21. The van der Waals surface area contributed by atoms with E-state index in [2.05, 4.69) is 23.7 Å². The van der Waals surface area contributed by atoms with Gasteiger partial charge in [0.2, 0.25) is 0 Å². The van der Waals surface area contributed by atoms with Crippen molar-refractivity contribution in [3.05, 3.63) is 0 Å². The number of aliphatic hydroxyl groups excluding tert-OH is 1. The summed E-state index contributed by atoms with van der Waals surface area (Å²) in [4.78, 5) is 0. The van der Waals surface area contributed by atoms with Crippen molar-refractivity contribution in [2.45, 2.75) is 37.7 Å². The number of hydrogen-bond acceptors (Lipinski definition) is 2. The van der Waals surface area contributed by atoms with Crippen LogP contribution in [0.15, 0.2) is 0 Å². The van der Waals surface area contributed by atoms with Crippen molar-refractivity contribution in [1.82, 2.24) is 0 Å². The van der Waals surface area contributed by atoms with Crippen molar-refractivity contribution < 1.29 is 10.2 Å². The molecule has 1 rings (SSSR count). The molecule has 0 spiro atoms. The van der Waals surface area contributed by atoms with Gasteiger partial charge in [0, 0.05) is 0 Å². The van der Waals surface area contributed by atoms with E-state index in [0.717, 1.165) is 25.7 Å². The van der Waals surface area contributed by atoms with Gasteiger partial charge in [0.1, 0.15) is 12.2 Å². The zero-order valence-corrected chi connectivity index (χ0v) is 7.64. The van der Waals surface area contributed by atoms with Gasteiger partial charge in [0.05, 0.1) is 0 Å². The molecule has 13 heavy (non-hydrogen) atoms.